The van der Waals surface area contributed by atoms with Crippen molar-refractivity contribution in [3.63, 3.8) is 0 Å². The monoisotopic (exact) mass is 355 g/mol. The number of carbonyl (C=O) groups excluding carboxylic acids is 1. The molecule has 2 atom stereocenters. The fourth-order valence-corrected chi connectivity index (χ4v) is 4.80. The highest BCUT2D eigenvalue weighted by molar-refractivity contribution is 5.99. The molecule has 5 heteroatoms. The minimum Gasteiger partial charge on any atom is -0.497 e. The van der Waals surface area contributed by atoms with Crippen LogP contribution in [-0.2, 0) is 7.05 Å². The van der Waals surface area contributed by atoms with Crippen molar-refractivity contribution in [2.75, 3.05) is 26.7 Å². The number of methoxy groups -OCH3 is 1. The van der Waals surface area contributed by atoms with Gasteiger partial charge < -0.3 is 19.5 Å². The Kier molecular flexibility index (Phi) is 4.90. The number of carbonyl (C=O) groups is 1. The Morgan fingerprint density at radius 3 is 2.88 bits per heavy atom. The first-order valence-electron chi connectivity index (χ1n) is 9.83. The zero-order valence-electron chi connectivity index (χ0n) is 15.8. The number of nitrogens with one attached hydrogen (secondary N) is 1. The molecule has 0 saturated carbocycles. The standard InChI is InChI=1S/C21H29N3O2/c1-23-18-9-8-17(26-2)12-16(18)13-20(23)21(25)22-14-15-6-5-11-24-10-4-3-7-19(15)24/h8-9,12-13,15,19H,3-7,10-11,14H2,1-2H3,(H,22,25)/t15-,19?/m0/s1. The minimum atomic E-state index is 0.0237. The Balaban J connectivity index is 1.46. The van der Waals surface area contributed by atoms with E-state index in [9.17, 15) is 4.79 Å². The van der Waals surface area contributed by atoms with E-state index in [0.29, 0.717) is 17.7 Å². The lowest BCUT2D eigenvalue weighted by molar-refractivity contribution is 0.0574. The molecular formula is C21H29N3O2. The summed E-state index contributed by atoms with van der Waals surface area (Å²) < 4.78 is 7.26. The van der Waals surface area contributed by atoms with Crippen molar-refractivity contribution >= 4 is 16.8 Å². The molecule has 4 rings (SSSR count). The van der Waals surface area contributed by atoms with Gasteiger partial charge in [0.25, 0.3) is 5.91 Å². The van der Waals surface area contributed by atoms with E-state index >= 15 is 0 Å². The van der Waals surface area contributed by atoms with Crippen LogP contribution in [0, 0.1) is 5.92 Å². The van der Waals surface area contributed by atoms with E-state index in [2.05, 4.69) is 10.2 Å². The summed E-state index contributed by atoms with van der Waals surface area (Å²) in [6.07, 6.45) is 6.43. The van der Waals surface area contributed by atoms with E-state index in [1.807, 2.05) is 35.9 Å². The number of benzene rings is 1. The predicted octanol–water partition coefficient (Wildman–Crippen LogP) is 3.18. The molecule has 2 aromatic rings. The first-order valence-corrected chi connectivity index (χ1v) is 9.83. The Bertz CT molecular complexity index is 796. The second-order valence-electron chi connectivity index (χ2n) is 7.72. The van der Waals surface area contributed by atoms with Crippen LogP contribution >= 0.6 is 0 Å². The number of nitrogens with zero attached hydrogens (tertiary/aromatic N) is 2. The molecule has 1 aromatic carbocycles. The smallest absolute Gasteiger partial charge is 0.267 e. The zero-order valence-corrected chi connectivity index (χ0v) is 15.8. The van der Waals surface area contributed by atoms with E-state index < -0.39 is 0 Å². The molecule has 26 heavy (non-hydrogen) atoms. The van der Waals surface area contributed by atoms with Gasteiger partial charge >= 0.3 is 0 Å². The van der Waals surface area contributed by atoms with Gasteiger partial charge in [-0.05, 0) is 69.0 Å². The third-order valence-corrected chi connectivity index (χ3v) is 6.24. The predicted molar refractivity (Wildman–Crippen MR) is 104 cm³/mol. The summed E-state index contributed by atoms with van der Waals surface area (Å²) >= 11 is 0. The second kappa shape index (κ2) is 7.31. The number of aromatic nitrogens is 1. The molecule has 1 aromatic heterocycles. The molecule has 2 fully saturated rings. The van der Waals surface area contributed by atoms with Crippen molar-refractivity contribution in [1.82, 2.24) is 14.8 Å². The van der Waals surface area contributed by atoms with Crippen molar-refractivity contribution < 1.29 is 9.53 Å². The number of rotatable bonds is 4. The Labute approximate surface area is 155 Å². The molecule has 0 bridgehead atoms. The van der Waals surface area contributed by atoms with Crippen LogP contribution in [0.5, 0.6) is 5.75 Å². The highest BCUT2D eigenvalue weighted by Crippen LogP contribution is 2.30. The second-order valence-corrected chi connectivity index (χ2v) is 7.72. The van der Waals surface area contributed by atoms with Crippen molar-refractivity contribution in [2.24, 2.45) is 13.0 Å². The van der Waals surface area contributed by atoms with Gasteiger partial charge in [0.1, 0.15) is 11.4 Å². The van der Waals surface area contributed by atoms with E-state index in [4.69, 9.17) is 4.74 Å². The Morgan fingerprint density at radius 1 is 1.19 bits per heavy atom. The maximum Gasteiger partial charge on any atom is 0.267 e. The zero-order chi connectivity index (χ0) is 18.1. The van der Waals surface area contributed by atoms with Gasteiger partial charge in [0.05, 0.1) is 7.11 Å². The Morgan fingerprint density at radius 2 is 2.04 bits per heavy atom. The van der Waals surface area contributed by atoms with Gasteiger partial charge in [0.15, 0.2) is 0 Å². The molecule has 2 aliphatic rings. The van der Waals surface area contributed by atoms with Crippen LogP contribution in [0.25, 0.3) is 10.9 Å². The molecule has 1 amide bonds. The summed E-state index contributed by atoms with van der Waals surface area (Å²) in [5, 5.41) is 4.25. The van der Waals surface area contributed by atoms with Crippen molar-refractivity contribution in [3.8, 4) is 5.75 Å². The number of ether oxygens (including phenoxy) is 1. The lowest BCUT2D eigenvalue weighted by Gasteiger charge is -2.44. The summed E-state index contributed by atoms with van der Waals surface area (Å²) in [5.74, 6) is 1.42. The Hall–Kier alpha value is -2.01. The highest BCUT2D eigenvalue weighted by atomic mass is 16.5. The third kappa shape index (κ3) is 3.20. The molecule has 5 nitrogen and oxygen atoms in total. The van der Waals surface area contributed by atoms with Gasteiger partial charge in [-0.2, -0.15) is 0 Å². The van der Waals surface area contributed by atoms with Gasteiger partial charge in [-0.1, -0.05) is 6.42 Å². The number of hydrogen-bond donors (Lipinski definition) is 1. The number of amides is 1. The fraction of sp³-hybridized carbons (Fsp3) is 0.571. The van der Waals surface area contributed by atoms with E-state index in [1.165, 1.54) is 45.2 Å². The molecule has 2 saturated heterocycles. The number of hydrogen-bond acceptors (Lipinski definition) is 3. The van der Waals surface area contributed by atoms with Gasteiger partial charge in [-0.25, -0.2) is 0 Å². The van der Waals surface area contributed by atoms with Crippen molar-refractivity contribution in [2.45, 2.75) is 38.1 Å². The molecule has 0 spiro atoms. The van der Waals surface area contributed by atoms with Crippen molar-refractivity contribution in [3.05, 3.63) is 30.0 Å². The summed E-state index contributed by atoms with van der Waals surface area (Å²) in [5.41, 5.74) is 1.76. The summed E-state index contributed by atoms with van der Waals surface area (Å²) in [6.45, 7) is 3.26. The quantitative estimate of drug-likeness (QED) is 0.916. The summed E-state index contributed by atoms with van der Waals surface area (Å²) in [7, 11) is 3.61. The average Bonchev–Trinajstić information content (AvgIpc) is 3.02. The molecule has 3 heterocycles. The highest BCUT2D eigenvalue weighted by Gasteiger charge is 2.33. The van der Waals surface area contributed by atoms with Crippen LogP contribution in [0.2, 0.25) is 0 Å². The van der Waals surface area contributed by atoms with Crippen LogP contribution < -0.4 is 10.1 Å². The molecule has 1 N–H and O–H groups in total. The average molecular weight is 355 g/mol. The first-order chi connectivity index (χ1) is 12.7. The van der Waals surface area contributed by atoms with Crippen LogP contribution in [0.15, 0.2) is 24.3 Å². The van der Waals surface area contributed by atoms with Gasteiger partial charge in [0.2, 0.25) is 0 Å². The van der Waals surface area contributed by atoms with Crippen LogP contribution in [0.4, 0.5) is 0 Å². The minimum absolute atomic E-state index is 0.0237. The molecule has 140 valence electrons. The largest absolute Gasteiger partial charge is 0.497 e. The van der Waals surface area contributed by atoms with Crippen LogP contribution in [0.3, 0.4) is 0 Å². The first kappa shape index (κ1) is 17.4. The van der Waals surface area contributed by atoms with Gasteiger partial charge in [0, 0.05) is 30.5 Å². The lowest BCUT2D eigenvalue weighted by Crippen LogP contribution is -2.51. The molecule has 0 radical (unpaired) electrons. The normalized spacial score (nSPS) is 23.6. The molecule has 2 aliphatic heterocycles. The van der Waals surface area contributed by atoms with Gasteiger partial charge in [-0.15, -0.1) is 0 Å². The molecule has 1 unspecified atom stereocenters. The van der Waals surface area contributed by atoms with Crippen LogP contribution in [0.1, 0.15) is 42.6 Å². The molecule has 0 aliphatic carbocycles. The topological polar surface area (TPSA) is 46.5 Å². The van der Waals surface area contributed by atoms with Gasteiger partial charge in [-0.3, -0.25) is 4.79 Å². The molecular weight excluding hydrogens is 326 g/mol. The van der Waals surface area contributed by atoms with E-state index in [-0.39, 0.29) is 5.91 Å². The van der Waals surface area contributed by atoms with E-state index in [1.54, 1.807) is 7.11 Å². The maximum atomic E-state index is 12.8. The lowest BCUT2D eigenvalue weighted by atomic mass is 9.83. The maximum absolute atomic E-state index is 12.8. The van der Waals surface area contributed by atoms with Crippen molar-refractivity contribution in [1.29, 1.82) is 0 Å². The summed E-state index contributed by atoms with van der Waals surface area (Å²) in [4.78, 5) is 15.5. The summed E-state index contributed by atoms with van der Waals surface area (Å²) in [6, 6.07) is 8.54. The number of fused-ring (bicyclic) bond motifs is 2. The number of aryl methyl sites for hydroxylation is 1. The van der Waals surface area contributed by atoms with E-state index in [0.717, 1.165) is 23.2 Å². The van der Waals surface area contributed by atoms with Crippen LogP contribution in [-0.4, -0.2) is 48.2 Å². The fourth-order valence-electron chi connectivity index (χ4n) is 4.80. The third-order valence-electron chi connectivity index (χ3n) is 6.24. The number of piperidine rings is 2. The SMILES string of the molecule is COc1ccc2c(c1)cc(C(=O)NC[C@@H]1CCCN3CCCCC13)n2C.